The average Bonchev–Trinajstić information content (AvgIpc) is 2.46. The quantitative estimate of drug-likeness (QED) is 0.834. The van der Waals surface area contributed by atoms with Gasteiger partial charge in [-0.3, -0.25) is 0 Å². The molecule has 2 N–H and O–H groups in total. The first kappa shape index (κ1) is 13.3. The molecule has 0 saturated heterocycles. The standard InChI is InChI=1S/C16H20N2O/c1-3-18(16-10-5-4-9-15(16)17)12-13-7-6-8-14(11-13)19-2/h4-11H,3,12,17H2,1-2H3. The third-order valence-electron chi connectivity index (χ3n) is 3.17. The first-order chi connectivity index (χ1) is 9.24. The van der Waals surface area contributed by atoms with Gasteiger partial charge in [-0.2, -0.15) is 0 Å². The number of benzene rings is 2. The summed E-state index contributed by atoms with van der Waals surface area (Å²) in [7, 11) is 1.69. The molecule has 3 nitrogen and oxygen atoms in total. The van der Waals surface area contributed by atoms with Crippen LogP contribution in [0.5, 0.6) is 5.75 Å². The van der Waals surface area contributed by atoms with Gasteiger partial charge in [0.15, 0.2) is 0 Å². The number of para-hydroxylation sites is 2. The molecule has 2 aromatic rings. The first-order valence-electron chi connectivity index (χ1n) is 6.47. The van der Waals surface area contributed by atoms with E-state index in [1.165, 1.54) is 5.56 Å². The molecule has 0 spiro atoms. The molecule has 100 valence electrons. The summed E-state index contributed by atoms with van der Waals surface area (Å²) in [5.74, 6) is 0.884. The minimum atomic E-state index is 0.812. The fourth-order valence-electron chi connectivity index (χ4n) is 2.13. The number of ether oxygens (including phenoxy) is 1. The predicted octanol–water partition coefficient (Wildman–Crippen LogP) is 3.30. The fourth-order valence-corrected chi connectivity index (χ4v) is 2.13. The number of nitrogens with two attached hydrogens (primary N) is 1. The van der Waals surface area contributed by atoms with Crippen molar-refractivity contribution >= 4 is 11.4 Å². The van der Waals surface area contributed by atoms with E-state index in [2.05, 4.69) is 30.0 Å². The van der Waals surface area contributed by atoms with E-state index < -0.39 is 0 Å². The van der Waals surface area contributed by atoms with E-state index in [0.717, 1.165) is 30.2 Å². The van der Waals surface area contributed by atoms with E-state index in [1.54, 1.807) is 7.11 Å². The maximum absolute atomic E-state index is 6.04. The van der Waals surface area contributed by atoms with E-state index in [0.29, 0.717) is 0 Å². The number of anilines is 2. The highest BCUT2D eigenvalue weighted by atomic mass is 16.5. The highest BCUT2D eigenvalue weighted by molar-refractivity contribution is 5.67. The molecular formula is C16H20N2O. The molecule has 0 atom stereocenters. The number of nitrogens with zero attached hydrogens (tertiary/aromatic N) is 1. The number of rotatable bonds is 5. The summed E-state index contributed by atoms with van der Waals surface area (Å²) in [5, 5.41) is 0. The van der Waals surface area contributed by atoms with Crippen molar-refractivity contribution in [3.05, 3.63) is 54.1 Å². The second kappa shape index (κ2) is 6.14. The van der Waals surface area contributed by atoms with Crippen LogP contribution in [0.1, 0.15) is 12.5 Å². The average molecular weight is 256 g/mol. The Labute approximate surface area is 114 Å². The Hall–Kier alpha value is -2.16. The zero-order valence-corrected chi connectivity index (χ0v) is 11.5. The molecule has 0 aliphatic carbocycles. The lowest BCUT2D eigenvalue weighted by Crippen LogP contribution is -2.22. The Morgan fingerprint density at radius 2 is 1.89 bits per heavy atom. The van der Waals surface area contributed by atoms with Crippen molar-refractivity contribution in [3.63, 3.8) is 0 Å². The molecule has 0 amide bonds. The first-order valence-corrected chi connectivity index (χ1v) is 6.47. The van der Waals surface area contributed by atoms with Crippen LogP contribution in [0.15, 0.2) is 48.5 Å². The number of nitrogen functional groups attached to an aromatic ring is 1. The molecule has 0 aliphatic heterocycles. The maximum atomic E-state index is 6.04. The molecule has 2 rings (SSSR count). The van der Waals surface area contributed by atoms with Crippen LogP contribution in [0.25, 0.3) is 0 Å². The van der Waals surface area contributed by atoms with Gasteiger partial charge in [-0.1, -0.05) is 24.3 Å². The summed E-state index contributed by atoms with van der Waals surface area (Å²) in [5.41, 5.74) is 9.14. The SMILES string of the molecule is CCN(Cc1cccc(OC)c1)c1ccccc1N. The zero-order valence-electron chi connectivity index (χ0n) is 11.5. The Morgan fingerprint density at radius 1 is 1.11 bits per heavy atom. The molecule has 0 fully saturated rings. The van der Waals surface area contributed by atoms with Gasteiger partial charge in [0.1, 0.15) is 5.75 Å². The summed E-state index contributed by atoms with van der Waals surface area (Å²) < 4.78 is 5.26. The minimum Gasteiger partial charge on any atom is -0.497 e. The summed E-state index contributed by atoms with van der Waals surface area (Å²) in [6.07, 6.45) is 0. The number of hydrogen-bond acceptors (Lipinski definition) is 3. The van der Waals surface area contributed by atoms with Crippen molar-refractivity contribution < 1.29 is 4.74 Å². The van der Waals surface area contributed by atoms with Crippen LogP contribution >= 0.6 is 0 Å². The topological polar surface area (TPSA) is 38.5 Å². The van der Waals surface area contributed by atoms with Crippen LogP contribution in [0.4, 0.5) is 11.4 Å². The molecule has 3 heteroatoms. The summed E-state index contributed by atoms with van der Waals surface area (Å²) in [6, 6.07) is 16.1. The Bertz CT molecular complexity index is 540. The van der Waals surface area contributed by atoms with Gasteiger partial charge in [0, 0.05) is 13.1 Å². The Morgan fingerprint density at radius 3 is 2.58 bits per heavy atom. The largest absolute Gasteiger partial charge is 0.497 e. The fraction of sp³-hybridized carbons (Fsp3) is 0.250. The van der Waals surface area contributed by atoms with E-state index in [9.17, 15) is 0 Å². The van der Waals surface area contributed by atoms with E-state index >= 15 is 0 Å². The van der Waals surface area contributed by atoms with Gasteiger partial charge in [0.2, 0.25) is 0 Å². The van der Waals surface area contributed by atoms with E-state index in [-0.39, 0.29) is 0 Å². The van der Waals surface area contributed by atoms with Crippen LogP contribution in [0.2, 0.25) is 0 Å². The lowest BCUT2D eigenvalue weighted by Gasteiger charge is -2.24. The normalized spacial score (nSPS) is 10.2. The van der Waals surface area contributed by atoms with E-state index in [4.69, 9.17) is 10.5 Å². The van der Waals surface area contributed by atoms with Gasteiger partial charge >= 0.3 is 0 Å². The molecule has 0 aliphatic rings. The van der Waals surface area contributed by atoms with Crippen LogP contribution in [-0.4, -0.2) is 13.7 Å². The molecule has 19 heavy (non-hydrogen) atoms. The molecule has 2 aromatic carbocycles. The van der Waals surface area contributed by atoms with Gasteiger partial charge in [-0.15, -0.1) is 0 Å². The van der Waals surface area contributed by atoms with Gasteiger partial charge in [-0.05, 0) is 36.8 Å². The van der Waals surface area contributed by atoms with Crippen molar-refractivity contribution in [1.82, 2.24) is 0 Å². The molecule has 0 unspecified atom stereocenters. The van der Waals surface area contributed by atoms with Crippen molar-refractivity contribution in [3.8, 4) is 5.75 Å². The van der Waals surface area contributed by atoms with Gasteiger partial charge in [0.05, 0.1) is 18.5 Å². The smallest absolute Gasteiger partial charge is 0.119 e. The van der Waals surface area contributed by atoms with Crippen LogP contribution in [0.3, 0.4) is 0 Å². The predicted molar refractivity (Wildman–Crippen MR) is 80.6 cm³/mol. The van der Waals surface area contributed by atoms with Gasteiger partial charge in [-0.25, -0.2) is 0 Å². The van der Waals surface area contributed by atoms with Crippen LogP contribution in [0, 0.1) is 0 Å². The van der Waals surface area contributed by atoms with Crippen molar-refractivity contribution in [1.29, 1.82) is 0 Å². The molecule has 0 bridgehead atoms. The summed E-state index contributed by atoms with van der Waals surface area (Å²) in [4.78, 5) is 2.25. The second-order valence-electron chi connectivity index (χ2n) is 4.42. The highest BCUT2D eigenvalue weighted by Crippen LogP contribution is 2.24. The molecule has 0 heterocycles. The van der Waals surface area contributed by atoms with Crippen molar-refractivity contribution in [2.75, 3.05) is 24.3 Å². The monoisotopic (exact) mass is 256 g/mol. The lowest BCUT2D eigenvalue weighted by atomic mass is 10.1. The maximum Gasteiger partial charge on any atom is 0.119 e. The lowest BCUT2D eigenvalue weighted by molar-refractivity contribution is 0.414. The summed E-state index contributed by atoms with van der Waals surface area (Å²) in [6.45, 7) is 3.86. The minimum absolute atomic E-state index is 0.812. The zero-order chi connectivity index (χ0) is 13.7. The molecular weight excluding hydrogens is 236 g/mol. The third-order valence-corrected chi connectivity index (χ3v) is 3.17. The number of methoxy groups -OCH3 is 1. The van der Waals surface area contributed by atoms with Crippen LogP contribution in [-0.2, 0) is 6.54 Å². The highest BCUT2D eigenvalue weighted by Gasteiger charge is 2.08. The van der Waals surface area contributed by atoms with Gasteiger partial charge in [0.25, 0.3) is 0 Å². The molecule has 0 aromatic heterocycles. The second-order valence-corrected chi connectivity index (χ2v) is 4.42. The molecule has 0 saturated carbocycles. The van der Waals surface area contributed by atoms with Crippen molar-refractivity contribution in [2.45, 2.75) is 13.5 Å². The molecule has 0 radical (unpaired) electrons. The number of hydrogen-bond donors (Lipinski definition) is 1. The van der Waals surface area contributed by atoms with Crippen molar-refractivity contribution in [2.24, 2.45) is 0 Å². The third kappa shape index (κ3) is 3.19. The summed E-state index contributed by atoms with van der Waals surface area (Å²) >= 11 is 0. The van der Waals surface area contributed by atoms with Gasteiger partial charge < -0.3 is 15.4 Å². The Kier molecular flexibility index (Phi) is 4.29. The Balaban J connectivity index is 2.21. The van der Waals surface area contributed by atoms with Crippen LogP contribution < -0.4 is 15.4 Å². The van der Waals surface area contributed by atoms with E-state index in [1.807, 2.05) is 30.3 Å².